The van der Waals surface area contributed by atoms with E-state index in [-0.39, 0.29) is 16.4 Å². The average molecular weight is 383 g/mol. The van der Waals surface area contributed by atoms with Crippen molar-refractivity contribution in [2.45, 2.75) is 44.4 Å². The summed E-state index contributed by atoms with van der Waals surface area (Å²) in [7, 11) is -3.91. The fourth-order valence-corrected chi connectivity index (χ4v) is 5.70. The molecule has 2 aliphatic heterocycles. The minimum Gasteiger partial charge on any atom is -0.338 e. The predicted molar refractivity (Wildman–Crippen MR) is 97.9 cm³/mol. The number of nitrogens with zero attached hydrogens (tertiary/aromatic N) is 2. The van der Waals surface area contributed by atoms with Crippen LogP contribution in [-0.4, -0.2) is 49.7 Å². The first-order valence-corrected chi connectivity index (χ1v) is 10.8. The lowest BCUT2D eigenvalue weighted by Gasteiger charge is -2.35. The summed E-state index contributed by atoms with van der Waals surface area (Å²) in [5.41, 5.74) is 0.239. The molecule has 0 radical (unpaired) electrons. The third kappa shape index (κ3) is 3.93. The molecule has 2 aliphatic rings. The van der Waals surface area contributed by atoms with Crippen LogP contribution in [-0.2, 0) is 10.0 Å². The first kappa shape index (κ1) is 19.3. The van der Waals surface area contributed by atoms with Gasteiger partial charge in [0.2, 0.25) is 10.0 Å². The molecule has 26 heavy (non-hydrogen) atoms. The van der Waals surface area contributed by atoms with Gasteiger partial charge in [-0.1, -0.05) is 20.3 Å². The summed E-state index contributed by atoms with van der Waals surface area (Å²) in [6.07, 6.45) is 3.62. The number of piperidine rings is 2. The van der Waals surface area contributed by atoms with Crippen LogP contribution < -0.4 is 0 Å². The topological polar surface area (TPSA) is 57.7 Å². The van der Waals surface area contributed by atoms with Gasteiger partial charge in [0, 0.05) is 31.7 Å². The molecule has 1 aromatic rings. The molecule has 1 aromatic carbocycles. The monoisotopic (exact) mass is 382 g/mol. The molecule has 1 amide bonds. The van der Waals surface area contributed by atoms with Gasteiger partial charge in [0.1, 0.15) is 10.7 Å². The number of hydrogen-bond donors (Lipinski definition) is 0. The minimum atomic E-state index is -3.91. The van der Waals surface area contributed by atoms with Crippen LogP contribution in [0.2, 0.25) is 0 Å². The Balaban J connectivity index is 1.88. The van der Waals surface area contributed by atoms with Gasteiger partial charge in [-0.05, 0) is 49.3 Å². The molecule has 0 bridgehead atoms. The maximum Gasteiger partial charge on any atom is 0.253 e. The SMILES string of the molecule is CC1CC(C)CN(C(=O)c2ccc(F)c(S(=O)(=O)N3CCCCC3)c2)C1. The number of sulfonamides is 1. The van der Waals surface area contributed by atoms with Crippen molar-refractivity contribution in [2.24, 2.45) is 11.8 Å². The quantitative estimate of drug-likeness (QED) is 0.807. The van der Waals surface area contributed by atoms with Crippen molar-refractivity contribution in [3.05, 3.63) is 29.6 Å². The third-order valence-electron chi connectivity index (χ3n) is 5.27. The molecule has 7 heteroatoms. The highest BCUT2D eigenvalue weighted by molar-refractivity contribution is 7.89. The maximum atomic E-state index is 14.3. The fourth-order valence-electron chi connectivity index (χ4n) is 4.09. The highest BCUT2D eigenvalue weighted by Crippen LogP contribution is 2.26. The van der Waals surface area contributed by atoms with Gasteiger partial charge in [0.05, 0.1) is 0 Å². The second-order valence-electron chi connectivity index (χ2n) is 7.77. The lowest BCUT2D eigenvalue weighted by Crippen LogP contribution is -2.42. The van der Waals surface area contributed by atoms with Crippen LogP contribution >= 0.6 is 0 Å². The number of benzene rings is 1. The summed E-state index contributed by atoms with van der Waals surface area (Å²) in [6.45, 7) is 6.31. The molecular weight excluding hydrogens is 355 g/mol. The van der Waals surface area contributed by atoms with E-state index in [1.807, 2.05) is 0 Å². The van der Waals surface area contributed by atoms with Crippen molar-refractivity contribution < 1.29 is 17.6 Å². The molecule has 0 saturated carbocycles. The van der Waals surface area contributed by atoms with Crippen LogP contribution in [0, 0.1) is 17.7 Å². The van der Waals surface area contributed by atoms with Crippen LogP contribution in [0.4, 0.5) is 4.39 Å². The molecule has 2 fully saturated rings. The third-order valence-corrected chi connectivity index (χ3v) is 7.18. The van der Waals surface area contributed by atoms with Crippen molar-refractivity contribution in [1.82, 2.24) is 9.21 Å². The Kier molecular flexibility index (Phi) is 5.67. The van der Waals surface area contributed by atoms with E-state index in [9.17, 15) is 17.6 Å². The largest absolute Gasteiger partial charge is 0.338 e. The van der Waals surface area contributed by atoms with Gasteiger partial charge < -0.3 is 4.90 Å². The Bertz CT molecular complexity index is 765. The molecule has 5 nitrogen and oxygen atoms in total. The highest BCUT2D eigenvalue weighted by Gasteiger charge is 2.31. The minimum absolute atomic E-state index is 0.224. The molecule has 2 heterocycles. The number of carbonyl (C=O) groups excluding carboxylic acids is 1. The number of carbonyl (C=O) groups is 1. The number of hydrogen-bond acceptors (Lipinski definition) is 3. The van der Waals surface area contributed by atoms with E-state index in [0.717, 1.165) is 31.7 Å². The van der Waals surface area contributed by atoms with E-state index in [4.69, 9.17) is 0 Å². The summed E-state index contributed by atoms with van der Waals surface area (Å²) in [5, 5.41) is 0. The predicted octanol–water partition coefficient (Wildman–Crippen LogP) is 3.12. The molecule has 2 saturated heterocycles. The summed E-state index contributed by atoms with van der Waals surface area (Å²) in [6, 6.07) is 3.70. The fraction of sp³-hybridized carbons (Fsp3) is 0.632. The maximum absolute atomic E-state index is 14.3. The molecule has 3 rings (SSSR count). The Labute approximate surface area is 155 Å². The molecular formula is C19H27FN2O3S. The Morgan fingerprint density at radius 3 is 2.31 bits per heavy atom. The average Bonchev–Trinajstić information content (AvgIpc) is 2.61. The van der Waals surface area contributed by atoms with Crippen LogP contribution in [0.3, 0.4) is 0 Å². The summed E-state index contributed by atoms with van der Waals surface area (Å²) in [4.78, 5) is 14.2. The van der Waals surface area contributed by atoms with Gasteiger partial charge in [-0.3, -0.25) is 4.79 Å². The number of amides is 1. The van der Waals surface area contributed by atoms with Gasteiger partial charge >= 0.3 is 0 Å². The van der Waals surface area contributed by atoms with E-state index in [2.05, 4.69) is 13.8 Å². The molecule has 0 N–H and O–H groups in total. The van der Waals surface area contributed by atoms with Crippen LogP contribution in [0.15, 0.2) is 23.1 Å². The van der Waals surface area contributed by atoms with Gasteiger partial charge in [0.25, 0.3) is 5.91 Å². The molecule has 2 atom stereocenters. The lowest BCUT2D eigenvalue weighted by atomic mass is 9.91. The number of likely N-dealkylation sites (tertiary alicyclic amines) is 1. The van der Waals surface area contributed by atoms with Crippen molar-refractivity contribution in [1.29, 1.82) is 0 Å². The van der Waals surface area contributed by atoms with E-state index in [1.54, 1.807) is 4.90 Å². The molecule has 144 valence electrons. The Hall–Kier alpha value is -1.47. The standard InChI is InChI=1S/C19H27FN2O3S/c1-14-10-15(2)13-21(12-14)19(23)16-6-7-17(20)18(11-16)26(24,25)22-8-4-3-5-9-22/h6-7,11,14-15H,3-5,8-10,12-13H2,1-2H3. The smallest absolute Gasteiger partial charge is 0.253 e. The van der Waals surface area contributed by atoms with Gasteiger partial charge in [-0.15, -0.1) is 0 Å². The zero-order chi connectivity index (χ0) is 18.9. The van der Waals surface area contributed by atoms with Crippen LogP contribution in [0.5, 0.6) is 0 Å². The normalized spacial score (nSPS) is 25.3. The summed E-state index contributed by atoms with van der Waals surface area (Å²) >= 11 is 0. The number of halogens is 1. The van der Waals surface area contributed by atoms with Crippen molar-refractivity contribution in [3.63, 3.8) is 0 Å². The van der Waals surface area contributed by atoms with E-state index >= 15 is 0 Å². The summed E-state index contributed by atoms with van der Waals surface area (Å²) in [5.74, 6) is -0.217. The van der Waals surface area contributed by atoms with Crippen LogP contribution in [0.25, 0.3) is 0 Å². The zero-order valence-corrected chi connectivity index (χ0v) is 16.3. The first-order valence-electron chi connectivity index (χ1n) is 9.38. The van der Waals surface area contributed by atoms with E-state index < -0.39 is 15.8 Å². The Morgan fingerprint density at radius 2 is 1.69 bits per heavy atom. The van der Waals surface area contributed by atoms with Crippen molar-refractivity contribution in [3.8, 4) is 0 Å². The second kappa shape index (κ2) is 7.64. The first-order chi connectivity index (χ1) is 12.3. The lowest BCUT2D eigenvalue weighted by molar-refractivity contribution is 0.0623. The zero-order valence-electron chi connectivity index (χ0n) is 15.4. The summed E-state index contributed by atoms with van der Waals surface area (Å²) < 4.78 is 41.3. The molecule has 0 spiro atoms. The molecule has 0 aliphatic carbocycles. The molecule has 2 unspecified atom stereocenters. The Morgan fingerprint density at radius 1 is 1.08 bits per heavy atom. The van der Waals surface area contributed by atoms with Gasteiger partial charge in [0.15, 0.2) is 0 Å². The van der Waals surface area contributed by atoms with E-state index in [0.29, 0.717) is 38.0 Å². The molecule has 0 aromatic heterocycles. The highest BCUT2D eigenvalue weighted by atomic mass is 32.2. The second-order valence-corrected chi connectivity index (χ2v) is 9.67. The van der Waals surface area contributed by atoms with Crippen molar-refractivity contribution in [2.75, 3.05) is 26.2 Å². The van der Waals surface area contributed by atoms with Gasteiger partial charge in [-0.2, -0.15) is 4.31 Å². The van der Waals surface area contributed by atoms with Crippen LogP contribution in [0.1, 0.15) is 49.9 Å². The van der Waals surface area contributed by atoms with Crippen molar-refractivity contribution >= 4 is 15.9 Å². The van der Waals surface area contributed by atoms with E-state index in [1.165, 1.54) is 16.4 Å². The number of rotatable bonds is 3. The van der Waals surface area contributed by atoms with Gasteiger partial charge in [-0.25, -0.2) is 12.8 Å².